The molecule has 2 N–H and O–H groups in total. The third-order valence-corrected chi connectivity index (χ3v) is 7.72. The Kier molecular flexibility index (Phi) is 8.59. The lowest BCUT2D eigenvalue weighted by atomic mass is 9.75. The molecule has 0 saturated heterocycles. The highest BCUT2D eigenvalue weighted by molar-refractivity contribution is 6.30. The van der Waals surface area contributed by atoms with Gasteiger partial charge in [-0.15, -0.1) is 13.2 Å². The van der Waals surface area contributed by atoms with Gasteiger partial charge in [-0.2, -0.15) is 0 Å². The zero-order chi connectivity index (χ0) is 30.9. The lowest BCUT2D eigenvalue weighted by molar-refractivity contribution is -0.275. The lowest BCUT2D eigenvalue weighted by Crippen LogP contribution is -2.37. The number of halogens is 5. The van der Waals surface area contributed by atoms with Gasteiger partial charge in [-0.1, -0.05) is 23.7 Å². The number of benzene rings is 3. The highest BCUT2D eigenvalue weighted by atomic mass is 35.5. The van der Waals surface area contributed by atoms with Crippen molar-refractivity contribution in [3.05, 3.63) is 76.6 Å². The molecule has 3 aromatic carbocycles. The summed E-state index contributed by atoms with van der Waals surface area (Å²) < 4.78 is 68.2. The number of alkyl halides is 3. The van der Waals surface area contributed by atoms with Crippen molar-refractivity contribution >= 4 is 34.9 Å². The van der Waals surface area contributed by atoms with Crippen LogP contribution in [-0.2, 0) is 16.0 Å². The number of rotatable bonds is 10. The van der Waals surface area contributed by atoms with Gasteiger partial charge in [-0.05, 0) is 54.5 Å². The third kappa shape index (κ3) is 7.07. The number of carbonyl (C=O) groups excluding carboxylic acids is 1. The molecule has 8 nitrogen and oxygen atoms in total. The van der Waals surface area contributed by atoms with E-state index in [1.807, 2.05) is 0 Å². The lowest BCUT2D eigenvalue weighted by Gasteiger charge is -2.32. The molecule has 13 heteroatoms. The van der Waals surface area contributed by atoms with E-state index in [2.05, 4.69) is 10.1 Å². The van der Waals surface area contributed by atoms with E-state index in [0.29, 0.717) is 52.8 Å². The Balaban J connectivity index is 1.41. The van der Waals surface area contributed by atoms with E-state index < -0.39 is 35.8 Å². The van der Waals surface area contributed by atoms with Gasteiger partial charge >= 0.3 is 12.3 Å². The molecule has 1 aliphatic carbocycles. The normalized spacial score (nSPS) is 18.3. The summed E-state index contributed by atoms with van der Waals surface area (Å²) in [6.07, 6.45) is -3.83. The maximum Gasteiger partial charge on any atom is 0.573 e. The number of ether oxygens (including phenoxy) is 3. The van der Waals surface area contributed by atoms with Crippen molar-refractivity contribution < 1.29 is 46.5 Å². The minimum absolute atomic E-state index is 0.0957. The first-order chi connectivity index (χ1) is 20.4. The van der Waals surface area contributed by atoms with Crippen molar-refractivity contribution in [3.63, 3.8) is 0 Å². The van der Waals surface area contributed by atoms with E-state index in [1.165, 1.54) is 12.0 Å². The van der Waals surface area contributed by atoms with Gasteiger partial charge in [-0.25, -0.2) is 4.39 Å². The molecule has 0 aromatic heterocycles. The number of carboxylic acid groups (broad SMARTS) is 1. The van der Waals surface area contributed by atoms with E-state index in [-0.39, 0.29) is 30.5 Å². The minimum Gasteiger partial charge on any atom is -0.497 e. The molecule has 1 atom stereocenters. The summed E-state index contributed by atoms with van der Waals surface area (Å²) in [5.74, 6) is -2.96. The van der Waals surface area contributed by atoms with Gasteiger partial charge in [0, 0.05) is 41.5 Å². The van der Waals surface area contributed by atoms with E-state index in [4.69, 9.17) is 26.2 Å². The molecule has 1 unspecified atom stereocenters. The minimum atomic E-state index is -5.11. The summed E-state index contributed by atoms with van der Waals surface area (Å²) in [7, 11) is 1.47. The Hall–Kier alpha value is -4.19. The van der Waals surface area contributed by atoms with Crippen molar-refractivity contribution in [2.24, 2.45) is 11.8 Å². The molecule has 1 fully saturated rings. The van der Waals surface area contributed by atoms with Crippen molar-refractivity contribution in [1.82, 2.24) is 0 Å². The molecule has 1 aliphatic heterocycles. The quantitative estimate of drug-likeness (QED) is 0.245. The zero-order valence-corrected chi connectivity index (χ0v) is 23.5. The highest BCUT2D eigenvalue weighted by Gasteiger charge is 2.37. The van der Waals surface area contributed by atoms with Crippen LogP contribution >= 0.6 is 11.6 Å². The Bertz CT molecular complexity index is 1510. The molecular formula is C30H27ClF4N2O6. The first-order valence-electron chi connectivity index (χ1n) is 13.4. The highest BCUT2D eigenvalue weighted by Crippen LogP contribution is 2.39. The van der Waals surface area contributed by atoms with E-state index in [1.54, 1.807) is 42.5 Å². The summed E-state index contributed by atoms with van der Waals surface area (Å²) in [5.41, 5.74) is 1.44. The average molecular weight is 623 g/mol. The van der Waals surface area contributed by atoms with Crippen LogP contribution in [0.25, 0.3) is 0 Å². The van der Waals surface area contributed by atoms with E-state index >= 15 is 0 Å². The fourth-order valence-electron chi connectivity index (χ4n) is 5.23. The number of nitrogens with one attached hydrogen (secondary N) is 1. The second-order valence-electron chi connectivity index (χ2n) is 10.4. The Morgan fingerprint density at radius 3 is 2.44 bits per heavy atom. The maximum atomic E-state index is 14.4. The second-order valence-corrected chi connectivity index (χ2v) is 10.8. The molecule has 3 aromatic rings. The number of nitrogens with zero attached hydrogens (tertiary/aromatic N) is 1. The zero-order valence-electron chi connectivity index (χ0n) is 22.8. The van der Waals surface area contributed by atoms with Gasteiger partial charge in [0.15, 0.2) is 11.6 Å². The molecule has 2 aliphatic rings. The molecule has 0 bridgehead atoms. The maximum absolute atomic E-state index is 14.4. The van der Waals surface area contributed by atoms with Crippen molar-refractivity contribution in [3.8, 4) is 17.2 Å². The Morgan fingerprint density at radius 1 is 1.09 bits per heavy atom. The third-order valence-electron chi connectivity index (χ3n) is 7.47. The van der Waals surface area contributed by atoms with E-state index in [0.717, 1.165) is 12.1 Å². The van der Waals surface area contributed by atoms with Crippen molar-refractivity contribution in [1.29, 1.82) is 0 Å². The van der Waals surface area contributed by atoms with Gasteiger partial charge in [0.05, 0.1) is 25.3 Å². The predicted molar refractivity (Wildman–Crippen MR) is 149 cm³/mol. The molecule has 0 spiro atoms. The van der Waals surface area contributed by atoms with E-state index in [9.17, 15) is 27.2 Å². The van der Waals surface area contributed by atoms with Crippen LogP contribution in [-0.4, -0.2) is 43.6 Å². The number of carboxylic acids is 1. The summed E-state index contributed by atoms with van der Waals surface area (Å²) in [5, 5.41) is 12.7. The van der Waals surface area contributed by atoms with Gasteiger partial charge in [0.25, 0.3) is 5.91 Å². The SMILES string of the molecule is COc1cc(NC(C(=O)N2CCc3cc(F)c(OC(F)(F)F)cc32)c2ccc(Cl)cc2)cc(OC[C@H]2C[C@@H](C(=O)O)C2)c1. The Labute approximate surface area is 249 Å². The number of carbonyl (C=O) groups is 2. The topological polar surface area (TPSA) is 97.3 Å². The number of hydrogen-bond acceptors (Lipinski definition) is 6. The van der Waals surface area contributed by atoms with Gasteiger partial charge in [0.1, 0.15) is 17.5 Å². The summed E-state index contributed by atoms with van der Waals surface area (Å²) in [4.78, 5) is 26.4. The smallest absolute Gasteiger partial charge is 0.497 e. The monoisotopic (exact) mass is 622 g/mol. The van der Waals surface area contributed by atoms with Crippen LogP contribution in [0.15, 0.2) is 54.6 Å². The molecule has 43 heavy (non-hydrogen) atoms. The van der Waals surface area contributed by atoms with Gasteiger partial charge < -0.3 is 29.5 Å². The summed E-state index contributed by atoms with van der Waals surface area (Å²) in [6, 6.07) is 12.2. The van der Waals surface area contributed by atoms with Crippen LogP contribution in [0.1, 0.15) is 30.0 Å². The largest absolute Gasteiger partial charge is 0.573 e. The van der Waals surface area contributed by atoms with Crippen molar-refractivity contribution in [2.75, 3.05) is 30.5 Å². The van der Waals surface area contributed by atoms with Crippen molar-refractivity contribution in [2.45, 2.75) is 31.7 Å². The fraction of sp³-hybridized carbons (Fsp3) is 0.333. The molecule has 1 amide bonds. The summed E-state index contributed by atoms with van der Waals surface area (Å²) >= 11 is 6.08. The van der Waals surface area contributed by atoms with Crippen LogP contribution in [0, 0.1) is 17.7 Å². The fourth-order valence-corrected chi connectivity index (χ4v) is 5.35. The van der Waals surface area contributed by atoms with Crippen LogP contribution < -0.4 is 24.4 Å². The average Bonchev–Trinajstić information content (AvgIpc) is 3.32. The summed E-state index contributed by atoms with van der Waals surface area (Å²) in [6.45, 7) is 0.416. The van der Waals surface area contributed by atoms with Gasteiger partial charge in [0.2, 0.25) is 0 Å². The van der Waals surface area contributed by atoms with Crippen LogP contribution in [0.2, 0.25) is 5.02 Å². The first-order valence-corrected chi connectivity index (χ1v) is 13.7. The van der Waals surface area contributed by atoms with Crippen LogP contribution in [0.3, 0.4) is 0 Å². The number of anilines is 2. The first kappa shape index (κ1) is 30.3. The number of methoxy groups -OCH3 is 1. The second kappa shape index (κ2) is 12.2. The number of hydrogen-bond donors (Lipinski definition) is 2. The molecule has 5 rings (SSSR count). The predicted octanol–water partition coefficient (Wildman–Crippen LogP) is 6.62. The molecule has 228 valence electrons. The standard InChI is InChI=1S/C30H27ClF4N2O6/c1-41-22-11-21(12-23(13-22)42-15-16-8-19(9-16)29(39)40)36-27(17-2-4-20(31)5-3-17)28(38)37-7-6-18-10-24(32)26(14-25(18)37)43-30(33,34)35/h2-5,10-14,16,19,27,36H,6-9,15H2,1H3,(H,39,40)/t16-,19+,27?. The number of aliphatic carboxylic acids is 1. The molecule has 1 heterocycles. The Morgan fingerprint density at radius 2 is 1.79 bits per heavy atom. The van der Waals surface area contributed by atoms with Gasteiger partial charge in [-0.3, -0.25) is 9.59 Å². The number of amides is 1. The molecular weight excluding hydrogens is 596 g/mol. The molecule has 1 saturated carbocycles. The van der Waals surface area contributed by atoms with Crippen LogP contribution in [0.4, 0.5) is 28.9 Å². The molecule has 0 radical (unpaired) electrons. The van der Waals surface area contributed by atoms with Crippen LogP contribution in [0.5, 0.6) is 17.2 Å². The number of fused-ring (bicyclic) bond motifs is 1.